The predicted molar refractivity (Wildman–Crippen MR) is 156 cm³/mol. The summed E-state index contributed by atoms with van der Waals surface area (Å²) in [7, 11) is 3.97. The first-order valence-corrected chi connectivity index (χ1v) is 14.4. The lowest BCUT2D eigenvalue weighted by atomic mass is 10.3. The summed E-state index contributed by atoms with van der Waals surface area (Å²) in [6.45, 7) is 19.5. The Labute approximate surface area is 219 Å². The highest BCUT2D eigenvalue weighted by Gasteiger charge is 2.08. The maximum absolute atomic E-state index is 5.79. The number of hydrogen-bond donors (Lipinski definition) is 6. The van der Waals surface area contributed by atoms with Crippen LogP contribution in [0.1, 0.15) is 52.4 Å². The third kappa shape index (κ3) is 31.6. The molecule has 9 N–H and O–H groups in total. The third-order valence-corrected chi connectivity index (χ3v) is 5.69. The van der Waals surface area contributed by atoms with Crippen molar-refractivity contribution in [3.63, 3.8) is 0 Å². The van der Waals surface area contributed by atoms with Crippen molar-refractivity contribution in [3.8, 4) is 0 Å². The van der Waals surface area contributed by atoms with Crippen LogP contribution >= 0.6 is 0 Å². The molecule has 35 heavy (non-hydrogen) atoms. The van der Waals surface area contributed by atoms with Gasteiger partial charge >= 0.3 is 0 Å². The Morgan fingerprint density at radius 1 is 0.514 bits per heavy atom. The molecule has 214 valence electrons. The summed E-state index contributed by atoms with van der Waals surface area (Å²) in [6, 6.07) is 0. The van der Waals surface area contributed by atoms with Crippen LogP contribution in [0.3, 0.4) is 0 Å². The van der Waals surface area contributed by atoms with Gasteiger partial charge in [-0.2, -0.15) is 0 Å². The van der Waals surface area contributed by atoms with Crippen LogP contribution in [0.4, 0.5) is 0 Å². The summed E-state index contributed by atoms with van der Waals surface area (Å²) in [5, 5.41) is 9.96. The zero-order valence-corrected chi connectivity index (χ0v) is 24.1. The van der Waals surface area contributed by atoms with Gasteiger partial charge < -0.3 is 33.2 Å². The van der Waals surface area contributed by atoms with E-state index in [4.69, 9.17) is 17.2 Å². The largest absolute Gasteiger partial charge is 0.329 e. The molecule has 0 aliphatic heterocycles. The van der Waals surface area contributed by atoms with Gasteiger partial charge in [0.2, 0.25) is 0 Å². The van der Waals surface area contributed by atoms with Gasteiger partial charge in [0.15, 0.2) is 0 Å². The molecule has 0 radical (unpaired) electrons. The third-order valence-electron chi connectivity index (χ3n) is 5.69. The van der Waals surface area contributed by atoms with E-state index in [0.717, 1.165) is 85.1 Å². The van der Waals surface area contributed by atoms with E-state index in [1.54, 1.807) is 0 Å². The maximum Gasteiger partial charge on any atom is 0.0110 e. The fourth-order valence-corrected chi connectivity index (χ4v) is 3.33. The first-order chi connectivity index (χ1) is 17.1. The van der Waals surface area contributed by atoms with Crippen LogP contribution in [-0.2, 0) is 0 Å². The van der Waals surface area contributed by atoms with E-state index in [-0.39, 0.29) is 0 Å². The zero-order valence-electron chi connectivity index (χ0n) is 24.1. The van der Waals surface area contributed by atoms with E-state index in [2.05, 4.69) is 44.5 Å². The lowest BCUT2D eigenvalue weighted by Gasteiger charge is -2.27. The molecule has 0 amide bonds. The Balaban J connectivity index is 0. The predicted octanol–water partition coefficient (Wildman–Crippen LogP) is 0.164. The first kappa shape index (κ1) is 36.8. The van der Waals surface area contributed by atoms with Crippen molar-refractivity contribution < 1.29 is 0 Å². The topological polar surface area (TPSA) is 124 Å². The Kier molecular flexibility index (Phi) is 33.3. The van der Waals surface area contributed by atoms with E-state index >= 15 is 0 Å². The standard InChI is InChI=1S/C18H47N9.C5H12.C3H6/c1-22-6-13-25(10-3-19)15-8-24-9-16-27(12-5-21)18-17-26(11-4-20)14-7-23-2;1-3-5-4-2;1-2-3-1/h22-24H,3-21H2,1-2H3;3-5H2,1-2H3;1-3H2. The normalized spacial score (nSPS) is 12.5. The monoisotopic (exact) mass is 504 g/mol. The van der Waals surface area contributed by atoms with Gasteiger partial charge in [0.05, 0.1) is 0 Å². The van der Waals surface area contributed by atoms with Crippen LogP contribution in [0.25, 0.3) is 0 Å². The van der Waals surface area contributed by atoms with Crippen LogP contribution in [0, 0.1) is 0 Å². The zero-order chi connectivity index (χ0) is 26.4. The van der Waals surface area contributed by atoms with Gasteiger partial charge in [0.1, 0.15) is 0 Å². The molecule has 0 bridgehead atoms. The molecule has 1 saturated carbocycles. The number of nitrogens with one attached hydrogen (secondary N) is 3. The van der Waals surface area contributed by atoms with Crippen LogP contribution in [0.5, 0.6) is 0 Å². The quantitative estimate of drug-likeness (QED) is 0.108. The van der Waals surface area contributed by atoms with E-state index in [9.17, 15) is 0 Å². The van der Waals surface area contributed by atoms with Crippen molar-refractivity contribution in [2.45, 2.75) is 52.4 Å². The first-order valence-electron chi connectivity index (χ1n) is 14.4. The molecule has 1 rings (SSSR count). The van der Waals surface area contributed by atoms with Crippen molar-refractivity contribution in [2.24, 2.45) is 17.2 Å². The van der Waals surface area contributed by atoms with Gasteiger partial charge in [-0.3, -0.25) is 14.7 Å². The van der Waals surface area contributed by atoms with Gasteiger partial charge in [-0.1, -0.05) is 52.4 Å². The Morgan fingerprint density at radius 2 is 0.857 bits per heavy atom. The molecule has 1 aliphatic carbocycles. The maximum atomic E-state index is 5.79. The molecule has 1 fully saturated rings. The van der Waals surface area contributed by atoms with Crippen LogP contribution in [0.2, 0.25) is 0 Å². The summed E-state index contributed by atoms with van der Waals surface area (Å²) >= 11 is 0. The number of rotatable bonds is 23. The Hall–Kier alpha value is -0.360. The molecule has 0 saturated heterocycles. The molecule has 1 aliphatic rings. The van der Waals surface area contributed by atoms with Crippen molar-refractivity contribution >= 4 is 0 Å². The second-order valence-electron chi connectivity index (χ2n) is 9.26. The molecule has 0 aromatic rings. The summed E-state index contributed by atoms with van der Waals surface area (Å²) in [5.74, 6) is 0. The minimum atomic E-state index is 0.696. The second-order valence-corrected chi connectivity index (χ2v) is 9.26. The van der Waals surface area contributed by atoms with Gasteiger partial charge in [0, 0.05) is 105 Å². The molecule has 0 spiro atoms. The number of nitrogens with two attached hydrogens (primary N) is 3. The summed E-state index contributed by atoms with van der Waals surface area (Å²) < 4.78 is 0. The minimum absolute atomic E-state index is 0.696. The highest BCUT2D eigenvalue weighted by Crippen LogP contribution is 2.14. The van der Waals surface area contributed by atoms with Crippen molar-refractivity contribution in [2.75, 3.05) is 119 Å². The molecule has 0 unspecified atom stereocenters. The van der Waals surface area contributed by atoms with E-state index in [0.29, 0.717) is 19.6 Å². The average molecular weight is 504 g/mol. The van der Waals surface area contributed by atoms with Gasteiger partial charge in [-0.05, 0) is 14.1 Å². The van der Waals surface area contributed by atoms with E-state index < -0.39 is 0 Å². The summed E-state index contributed by atoms with van der Waals surface area (Å²) in [6.07, 6.45) is 8.58. The second kappa shape index (κ2) is 31.7. The fourth-order valence-electron chi connectivity index (χ4n) is 3.33. The Bertz CT molecular complexity index is 368. The molecular formula is C26H65N9. The molecule has 0 atom stereocenters. The summed E-state index contributed by atoms with van der Waals surface area (Å²) in [4.78, 5) is 7.25. The average Bonchev–Trinajstić information content (AvgIpc) is 3.74. The SMILES string of the molecule is C1CC1.CCCCC.CNCCN(CCN)CCNCCN(CCN)CCN(CCN)CCNC. The number of nitrogens with zero attached hydrogens (tertiary/aromatic N) is 3. The fraction of sp³-hybridized carbons (Fsp3) is 1.00. The molecular weight excluding hydrogens is 438 g/mol. The van der Waals surface area contributed by atoms with Crippen molar-refractivity contribution in [1.82, 2.24) is 30.7 Å². The lowest BCUT2D eigenvalue weighted by molar-refractivity contribution is 0.209. The summed E-state index contributed by atoms with van der Waals surface area (Å²) in [5.41, 5.74) is 17.2. The highest BCUT2D eigenvalue weighted by molar-refractivity contribution is 4.67. The van der Waals surface area contributed by atoms with Crippen LogP contribution < -0.4 is 33.2 Å². The number of hydrogen-bond acceptors (Lipinski definition) is 9. The van der Waals surface area contributed by atoms with E-state index in [1.807, 2.05) is 14.1 Å². The number of unbranched alkanes of at least 4 members (excludes halogenated alkanes) is 2. The van der Waals surface area contributed by atoms with Crippen LogP contribution in [0.15, 0.2) is 0 Å². The van der Waals surface area contributed by atoms with Crippen LogP contribution in [-0.4, -0.2) is 134 Å². The van der Waals surface area contributed by atoms with Gasteiger partial charge in [0.25, 0.3) is 0 Å². The number of likely N-dealkylation sites (N-methyl/N-ethyl adjacent to an activating group) is 2. The highest BCUT2D eigenvalue weighted by atomic mass is 15.2. The molecule has 9 heteroatoms. The van der Waals surface area contributed by atoms with Crippen molar-refractivity contribution in [3.05, 3.63) is 0 Å². The molecule has 0 heterocycles. The molecule has 0 aromatic carbocycles. The van der Waals surface area contributed by atoms with Crippen molar-refractivity contribution in [1.29, 1.82) is 0 Å². The minimum Gasteiger partial charge on any atom is -0.329 e. The van der Waals surface area contributed by atoms with E-state index in [1.165, 1.54) is 38.5 Å². The molecule has 0 aromatic heterocycles. The lowest BCUT2D eigenvalue weighted by Crippen LogP contribution is -2.44. The van der Waals surface area contributed by atoms with Gasteiger partial charge in [-0.15, -0.1) is 0 Å². The van der Waals surface area contributed by atoms with Gasteiger partial charge in [-0.25, -0.2) is 0 Å². The smallest absolute Gasteiger partial charge is 0.0110 e. The Morgan fingerprint density at radius 3 is 1.11 bits per heavy atom. The molecule has 9 nitrogen and oxygen atoms in total.